The average molecular weight is 222 g/mol. The molecule has 13 heavy (non-hydrogen) atoms. The standard InChI is InChI=1S/C5H6N2O4S2/c1-7(13(10)11)5-6-3(2-12-5)4(8)9/h2H,1H3,(H,8,9)(H,10,11). The van der Waals surface area contributed by atoms with Gasteiger partial charge < -0.3 is 5.11 Å². The van der Waals surface area contributed by atoms with Crippen LogP contribution in [-0.2, 0) is 11.3 Å². The minimum absolute atomic E-state index is 0.127. The van der Waals surface area contributed by atoms with E-state index in [0.29, 0.717) is 0 Å². The highest BCUT2D eigenvalue weighted by atomic mass is 32.2. The fraction of sp³-hybridized carbons (Fsp3) is 0.200. The molecule has 0 radical (unpaired) electrons. The van der Waals surface area contributed by atoms with Crippen molar-refractivity contribution >= 4 is 33.7 Å². The summed E-state index contributed by atoms with van der Waals surface area (Å²) in [5.74, 6) is -1.15. The molecule has 1 heterocycles. The number of carbonyl (C=O) groups is 1. The average Bonchev–Trinajstić information content (AvgIpc) is 2.50. The monoisotopic (exact) mass is 222 g/mol. The van der Waals surface area contributed by atoms with Gasteiger partial charge in [-0.3, -0.25) is 4.55 Å². The van der Waals surface area contributed by atoms with Crippen LogP contribution < -0.4 is 4.31 Å². The van der Waals surface area contributed by atoms with Gasteiger partial charge in [-0.15, -0.1) is 11.3 Å². The smallest absolute Gasteiger partial charge is 0.355 e. The Morgan fingerprint density at radius 2 is 2.38 bits per heavy atom. The molecule has 0 aliphatic carbocycles. The van der Waals surface area contributed by atoms with E-state index in [1.807, 2.05) is 0 Å². The fourth-order valence-electron chi connectivity index (χ4n) is 0.574. The van der Waals surface area contributed by atoms with E-state index in [-0.39, 0.29) is 10.8 Å². The first kappa shape index (κ1) is 10.1. The minimum atomic E-state index is -2.17. The van der Waals surface area contributed by atoms with Gasteiger partial charge in [0.1, 0.15) is 0 Å². The molecule has 0 bridgehead atoms. The first-order valence-electron chi connectivity index (χ1n) is 3.06. The highest BCUT2D eigenvalue weighted by molar-refractivity contribution is 7.81. The fourth-order valence-corrected chi connectivity index (χ4v) is 1.74. The van der Waals surface area contributed by atoms with Crippen LogP contribution in [0.15, 0.2) is 5.38 Å². The molecule has 0 saturated carbocycles. The Labute approximate surface area is 80.2 Å². The van der Waals surface area contributed by atoms with Crippen LogP contribution >= 0.6 is 11.3 Å². The number of aromatic nitrogens is 1. The Bertz CT molecular complexity index is 350. The molecule has 1 atom stereocenters. The summed E-state index contributed by atoms with van der Waals surface area (Å²) in [6.45, 7) is 0. The molecule has 0 fully saturated rings. The van der Waals surface area contributed by atoms with Gasteiger partial charge in [0.25, 0.3) is 11.3 Å². The molecule has 1 aromatic rings. The Hall–Kier alpha value is -0.990. The summed E-state index contributed by atoms with van der Waals surface area (Å²) < 4.78 is 20.1. The van der Waals surface area contributed by atoms with E-state index in [4.69, 9.17) is 9.66 Å². The van der Waals surface area contributed by atoms with Crippen LogP contribution in [0.4, 0.5) is 5.13 Å². The normalized spacial score (nSPS) is 12.5. The molecule has 1 unspecified atom stereocenters. The summed E-state index contributed by atoms with van der Waals surface area (Å²) in [7, 11) is 1.35. The molecule has 0 aliphatic heterocycles. The Morgan fingerprint density at radius 3 is 2.77 bits per heavy atom. The number of aromatic carboxylic acids is 1. The van der Waals surface area contributed by atoms with E-state index in [0.717, 1.165) is 15.6 Å². The Kier molecular flexibility index (Phi) is 2.96. The molecular weight excluding hydrogens is 216 g/mol. The van der Waals surface area contributed by atoms with Crippen LogP contribution in [-0.4, -0.2) is 31.9 Å². The maximum absolute atomic E-state index is 10.5. The predicted molar refractivity (Wildman–Crippen MR) is 48.2 cm³/mol. The zero-order chi connectivity index (χ0) is 10.0. The summed E-state index contributed by atoms with van der Waals surface area (Å²) in [6.07, 6.45) is 0. The third-order valence-electron chi connectivity index (χ3n) is 1.21. The van der Waals surface area contributed by atoms with Gasteiger partial charge in [0.05, 0.1) is 0 Å². The lowest BCUT2D eigenvalue weighted by Gasteiger charge is -2.07. The van der Waals surface area contributed by atoms with Gasteiger partial charge in [0.2, 0.25) is 0 Å². The largest absolute Gasteiger partial charge is 0.476 e. The lowest BCUT2D eigenvalue weighted by molar-refractivity contribution is 0.0691. The second-order valence-corrected chi connectivity index (χ2v) is 3.89. The van der Waals surface area contributed by atoms with E-state index in [1.165, 1.54) is 12.4 Å². The van der Waals surface area contributed by atoms with Crippen LogP contribution in [0.3, 0.4) is 0 Å². The minimum Gasteiger partial charge on any atom is -0.476 e. The second-order valence-electron chi connectivity index (χ2n) is 2.05. The topological polar surface area (TPSA) is 90.7 Å². The Balaban J connectivity index is 2.91. The summed E-state index contributed by atoms with van der Waals surface area (Å²) in [4.78, 5) is 14.0. The van der Waals surface area contributed by atoms with Crippen molar-refractivity contribution in [3.05, 3.63) is 11.1 Å². The molecule has 0 spiro atoms. The molecule has 0 aliphatic rings. The van der Waals surface area contributed by atoms with E-state index in [2.05, 4.69) is 4.98 Å². The number of thiazole rings is 1. The van der Waals surface area contributed by atoms with E-state index in [1.54, 1.807) is 0 Å². The lowest BCUT2D eigenvalue weighted by Crippen LogP contribution is -2.19. The van der Waals surface area contributed by atoms with E-state index >= 15 is 0 Å². The first-order chi connectivity index (χ1) is 6.02. The predicted octanol–water partition coefficient (Wildman–Crippen LogP) is 0.414. The molecule has 0 amide bonds. The third kappa shape index (κ3) is 2.23. The molecule has 0 saturated heterocycles. The van der Waals surface area contributed by atoms with Crippen LogP contribution in [0.25, 0.3) is 0 Å². The van der Waals surface area contributed by atoms with Crippen LogP contribution in [0.1, 0.15) is 10.5 Å². The maximum atomic E-state index is 10.5. The highest BCUT2D eigenvalue weighted by Gasteiger charge is 2.14. The first-order valence-corrected chi connectivity index (χ1v) is 5.00. The van der Waals surface area contributed by atoms with Crippen LogP contribution in [0, 0.1) is 0 Å². The summed E-state index contributed by atoms with van der Waals surface area (Å²) >= 11 is -1.18. The molecular formula is C5H6N2O4S2. The van der Waals surface area contributed by atoms with E-state index in [9.17, 15) is 9.00 Å². The number of rotatable bonds is 3. The molecule has 72 valence electrons. The van der Waals surface area contributed by atoms with Crippen molar-refractivity contribution in [3.63, 3.8) is 0 Å². The van der Waals surface area contributed by atoms with Crippen molar-refractivity contribution in [2.75, 3.05) is 11.4 Å². The zero-order valence-electron chi connectivity index (χ0n) is 6.50. The summed E-state index contributed by atoms with van der Waals surface area (Å²) in [6, 6.07) is 0. The zero-order valence-corrected chi connectivity index (χ0v) is 8.13. The van der Waals surface area contributed by atoms with Crippen molar-refractivity contribution in [2.45, 2.75) is 0 Å². The van der Waals surface area contributed by atoms with Crippen molar-refractivity contribution in [2.24, 2.45) is 0 Å². The van der Waals surface area contributed by atoms with Gasteiger partial charge in [-0.05, 0) is 0 Å². The summed E-state index contributed by atoms with van der Waals surface area (Å²) in [5.41, 5.74) is -0.127. The number of nitrogens with zero attached hydrogens (tertiary/aromatic N) is 2. The van der Waals surface area contributed by atoms with Crippen molar-refractivity contribution in [1.82, 2.24) is 4.98 Å². The van der Waals surface area contributed by atoms with Gasteiger partial charge >= 0.3 is 5.97 Å². The van der Waals surface area contributed by atoms with Gasteiger partial charge in [-0.2, -0.15) is 0 Å². The van der Waals surface area contributed by atoms with Crippen molar-refractivity contribution in [3.8, 4) is 0 Å². The molecule has 0 aromatic carbocycles. The molecule has 8 heteroatoms. The molecule has 2 N–H and O–H groups in total. The number of carboxylic acid groups (broad SMARTS) is 1. The number of hydrogen-bond donors (Lipinski definition) is 2. The Morgan fingerprint density at radius 1 is 1.77 bits per heavy atom. The maximum Gasteiger partial charge on any atom is 0.355 e. The van der Waals surface area contributed by atoms with E-state index < -0.39 is 17.2 Å². The van der Waals surface area contributed by atoms with Gasteiger partial charge in [-0.1, -0.05) is 0 Å². The molecule has 1 aromatic heterocycles. The number of carboxylic acids is 1. The second kappa shape index (κ2) is 3.81. The molecule has 1 rings (SSSR count). The lowest BCUT2D eigenvalue weighted by atomic mass is 10.5. The van der Waals surface area contributed by atoms with Gasteiger partial charge in [0.15, 0.2) is 10.8 Å². The molecule has 6 nitrogen and oxygen atoms in total. The van der Waals surface area contributed by atoms with Gasteiger partial charge in [-0.25, -0.2) is 18.3 Å². The van der Waals surface area contributed by atoms with Gasteiger partial charge in [0, 0.05) is 12.4 Å². The van der Waals surface area contributed by atoms with Crippen LogP contribution in [0.5, 0.6) is 0 Å². The highest BCUT2D eigenvalue weighted by Crippen LogP contribution is 2.19. The summed E-state index contributed by atoms with van der Waals surface area (Å²) in [5, 5.41) is 10.0. The third-order valence-corrected chi connectivity index (χ3v) is 2.89. The number of hydrogen-bond acceptors (Lipinski definition) is 4. The van der Waals surface area contributed by atoms with Crippen molar-refractivity contribution < 1.29 is 18.7 Å². The number of anilines is 1. The van der Waals surface area contributed by atoms with Crippen LogP contribution in [0.2, 0.25) is 0 Å². The SMILES string of the molecule is CN(c1nc(C(=O)O)cs1)S(=O)O. The quantitative estimate of drug-likeness (QED) is 0.723. The van der Waals surface area contributed by atoms with Crippen molar-refractivity contribution in [1.29, 1.82) is 0 Å².